The van der Waals surface area contributed by atoms with E-state index in [9.17, 15) is 26.9 Å². The minimum Gasteiger partial charge on any atom is -0.341 e. The van der Waals surface area contributed by atoms with Crippen molar-refractivity contribution in [2.45, 2.75) is 28.7 Å². The summed E-state index contributed by atoms with van der Waals surface area (Å²) in [5, 5.41) is 9.19. The van der Waals surface area contributed by atoms with Crippen LogP contribution < -0.4 is 0 Å². The lowest BCUT2D eigenvalue weighted by Gasteiger charge is -2.40. The van der Waals surface area contributed by atoms with Crippen LogP contribution in [0, 0.1) is 11.3 Å². The fourth-order valence-corrected chi connectivity index (χ4v) is 7.44. The highest BCUT2D eigenvalue weighted by Crippen LogP contribution is 2.25. The Morgan fingerprint density at radius 3 is 2.29 bits per heavy atom. The first-order chi connectivity index (χ1) is 16.7. The molecule has 2 heterocycles. The van der Waals surface area contributed by atoms with Crippen LogP contribution in [-0.4, -0.2) is 87.9 Å². The Balaban J connectivity index is 1.56. The van der Waals surface area contributed by atoms with Crippen molar-refractivity contribution in [1.29, 1.82) is 5.26 Å². The van der Waals surface area contributed by atoms with Gasteiger partial charge in [-0.25, -0.2) is 16.8 Å². The topological polar surface area (TPSA) is 119 Å². The highest BCUT2D eigenvalue weighted by atomic mass is 32.2. The van der Waals surface area contributed by atoms with E-state index in [2.05, 4.69) is 0 Å². The number of nitrogens with zero attached hydrogens (tertiary/aromatic N) is 4. The number of likely N-dealkylation sites (tertiary alicyclic amines) is 1. The van der Waals surface area contributed by atoms with Gasteiger partial charge in [0.15, 0.2) is 9.84 Å². The van der Waals surface area contributed by atoms with E-state index in [0.29, 0.717) is 19.6 Å². The number of rotatable bonds is 7. The van der Waals surface area contributed by atoms with Crippen molar-refractivity contribution in [2.24, 2.45) is 0 Å². The van der Waals surface area contributed by atoms with Crippen molar-refractivity contribution in [3.8, 4) is 6.07 Å². The number of piperazine rings is 1. The summed E-state index contributed by atoms with van der Waals surface area (Å²) in [6.45, 7) is 1.81. The van der Waals surface area contributed by atoms with E-state index < -0.39 is 25.9 Å². The first-order valence-corrected chi connectivity index (χ1v) is 14.6. The second kappa shape index (κ2) is 10.5. The third kappa shape index (κ3) is 5.56. The Morgan fingerprint density at radius 1 is 0.914 bits per heavy atom. The summed E-state index contributed by atoms with van der Waals surface area (Å²) in [6.07, 6.45) is 1.74. The van der Waals surface area contributed by atoms with E-state index in [1.54, 1.807) is 35.2 Å². The van der Waals surface area contributed by atoms with Gasteiger partial charge in [-0.05, 0) is 43.2 Å². The lowest BCUT2D eigenvalue weighted by molar-refractivity contribution is -0.136. The summed E-state index contributed by atoms with van der Waals surface area (Å²) in [7, 11) is -7.54. The molecule has 0 aromatic heterocycles. The summed E-state index contributed by atoms with van der Waals surface area (Å²) in [6, 6.07) is 14.9. The summed E-state index contributed by atoms with van der Waals surface area (Å²) in [4.78, 5) is 17.1. The van der Waals surface area contributed by atoms with Crippen molar-refractivity contribution in [1.82, 2.24) is 14.1 Å². The largest absolute Gasteiger partial charge is 0.341 e. The molecule has 2 fully saturated rings. The maximum Gasteiger partial charge on any atom is 0.243 e. The molecule has 0 aliphatic carbocycles. The van der Waals surface area contributed by atoms with Crippen molar-refractivity contribution in [3.05, 3.63) is 60.2 Å². The molecule has 0 spiro atoms. The predicted molar refractivity (Wildman–Crippen MR) is 130 cm³/mol. The Morgan fingerprint density at radius 2 is 1.60 bits per heavy atom. The summed E-state index contributed by atoms with van der Waals surface area (Å²) < 4.78 is 53.7. The maximum absolute atomic E-state index is 13.5. The Hall–Kier alpha value is -2.78. The SMILES string of the molecule is N#Cc1cccc(S(=O)(=O)N2CCN(CCS(=O)(=O)c3ccccc3)CC2C(=O)N2CCCC2)c1. The van der Waals surface area contributed by atoms with Gasteiger partial charge in [-0.1, -0.05) is 24.3 Å². The van der Waals surface area contributed by atoms with Gasteiger partial charge in [0, 0.05) is 39.3 Å². The first kappa shape index (κ1) is 25.3. The summed E-state index contributed by atoms with van der Waals surface area (Å²) in [5.74, 6) is -0.392. The number of benzene rings is 2. The third-order valence-electron chi connectivity index (χ3n) is 6.47. The van der Waals surface area contributed by atoms with Crippen LogP contribution in [0.2, 0.25) is 0 Å². The van der Waals surface area contributed by atoms with Crippen LogP contribution >= 0.6 is 0 Å². The highest BCUT2D eigenvalue weighted by Gasteiger charge is 2.42. The average Bonchev–Trinajstić information content (AvgIpc) is 3.42. The van der Waals surface area contributed by atoms with Crippen LogP contribution in [0.15, 0.2) is 64.4 Å². The maximum atomic E-state index is 13.5. The van der Waals surface area contributed by atoms with Gasteiger partial charge >= 0.3 is 0 Å². The van der Waals surface area contributed by atoms with Gasteiger partial charge < -0.3 is 4.90 Å². The van der Waals surface area contributed by atoms with Crippen molar-refractivity contribution >= 4 is 25.8 Å². The Kier molecular flexibility index (Phi) is 7.56. The molecule has 4 rings (SSSR count). The van der Waals surface area contributed by atoms with E-state index in [1.165, 1.54) is 28.6 Å². The molecule has 35 heavy (non-hydrogen) atoms. The fourth-order valence-electron chi connectivity index (χ4n) is 4.52. The van der Waals surface area contributed by atoms with Crippen molar-refractivity contribution in [3.63, 3.8) is 0 Å². The van der Waals surface area contributed by atoms with Crippen LogP contribution in [0.5, 0.6) is 0 Å². The van der Waals surface area contributed by atoms with Crippen LogP contribution in [0.4, 0.5) is 0 Å². The lowest BCUT2D eigenvalue weighted by atomic mass is 10.2. The van der Waals surface area contributed by atoms with E-state index in [1.807, 2.05) is 11.0 Å². The Labute approximate surface area is 206 Å². The van der Waals surface area contributed by atoms with Gasteiger partial charge in [-0.2, -0.15) is 9.57 Å². The number of amides is 1. The van der Waals surface area contributed by atoms with Gasteiger partial charge in [0.05, 0.1) is 27.2 Å². The average molecular weight is 517 g/mol. The van der Waals surface area contributed by atoms with Crippen molar-refractivity contribution in [2.75, 3.05) is 45.0 Å². The van der Waals surface area contributed by atoms with Gasteiger partial charge in [-0.15, -0.1) is 0 Å². The minimum atomic E-state index is -4.04. The zero-order valence-corrected chi connectivity index (χ0v) is 20.9. The quantitative estimate of drug-likeness (QED) is 0.545. The van der Waals surface area contributed by atoms with Crippen LogP contribution in [0.1, 0.15) is 18.4 Å². The smallest absolute Gasteiger partial charge is 0.243 e. The molecule has 1 unspecified atom stereocenters. The zero-order valence-electron chi connectivity index (χ0n) is 19.3. The molecule has 2 aromatic rings. The number of carbonyl (C=O) groups excluding carboxylic acids is 1. The van der Waals surface area contributed by atoms with E-state index in [-0.39, 0.29) is 46.6 Å². The molecule has 1 atom stereocenters. The van der Waals surface area contributed by atoms with Crippen LogP contribution in [0.3, 0.4) is 0 Å². The summed E-state index contributed by atoms with van der Waals surface area (Å²) in [5.41, 5.74) is 0.221. The molecule has 0 saturated carbocycles. The predicted octanol–water partition coefficient (Wildman–Crippen LogP) is 1.33. The molecule has 11 heteroatoms. The fraction of sp³-hybridized carbons (Fsp3) is 0.417. The van der Waals surface area contributed by atoms with Gasteiger partial charge in [0.1, 0.15) is 6.04 Å². The highest BCUT2D eigenvalue weighted by molar-refractivity contribution is 7.91. The lowest BCUT2D eigenvalue weighted by Crippen LogP contribution is -2.61. The monoisotopic (exact) mass is 516 g/mol. The molecule has 0 bridgehead atoms. The van der Waals surface area contributed by atoms with E-state index in [0.717, 1.165) is 12.8 Å². The molecule has 2 saturated heterocycles. The van der Waals surface area contributed by atoms with E-state index >= 15 is 0 Å². The zero-order chi connectivity index (χ0) is 25.1. The molecule has 2 aromatic carbocycles. The van der Waals surface area contributed by atoms with Crippen LogP contribution in [0.25, 0.3) is 0 Å². The number of sulfonamides is 1. The molecule has 0 radical (unpaired) electrons. The molecular formula is C24H28N4O5S2. The van der Waals surface area contributed by atoms with Gasteiger partial charge in [0.2, 0.25) is 15.9 Å². The standard InChI is InChI=1S/C24H28N4O5S2/c25-18-20-7-6-10-22(17-20)35(32,33)28-14-13-26(19-23(28)24(29)27-11-4-5-12-27)15-16-34(30,31)21-8-2-1-3-9-21/h1-3,6-10,17,23H,4-5,11-16,19H2. The molecule has 1 amide bonds. The summed E-state index contributed by atoms with van der Waals surface area (Å²) >= 11 is 0. The molecule has 9 nitrogen and oxygen atoms in total. The first-order valence-electron chi connectivity index (χ1n) is 11.5. The van der Waals surface area contributed by atoms with E-state index in [4.69, 9.17) is 0 Å². The third-order valence-corrected chi connectivity index (χ3v) is 10.1. The number of nitriles is 1. The molecular weight excluding hydrogens is 488 g/mol. The normalized spacial score (nSPS) is 20.0. The van der Waals surface area contributed by atoms with Gasteiger partial charge in [-0.3, -0.25) is 9.69 Å². The van der Waals surface area contributed by atoms with Crippen molar-refractivity contribution < 1.29 is 21.6 Å². The second-order valence-corrected chi connectivity index (χ2v) is 12.7. The molecule has 0 N–H and O–H groups in total. The number of carbonyl (C=O) groups is 1. The number of sulfone groups is 1. The van der Waals surface area contributed by atoms with Gasteiger partial charge in [0.25, 0.3) is 0 Å². The van der Waals surface area contributed by atoms with Crippen LogP contribution in [-0.2, 0) is 24.7 Å². The molecule has 186 valence electrons. The number of hydrogen-bond donors (Lipinski definition) is 0. The minimum absolute atomic E-state index is 0.0316. The molecule has 2 aliphatic heterocycles. The molecule has 2 aliphatic rings. The Bertz CT molecular complexity index is 1320. The second-order valence-electron chi connectivity index (χ2n) is 8.74. The number of hydrogen-bond acceptors (Lipinski definition) is 7.